The largest absolute Gasteiger partial charge is 0.497 e. The number of para-hydroxylation sites is 3. The highest BCUT2D eigenvalue weighted by Crippen LogP contribution is 2.47. The lowest BCUT2D eigenvalue weighted by Gasteiger charge is -2.30. The van der Waals surface area contributed by atoms with Gasteiger partial charge in [-0.2, -0.15) is 0 Å². The zero-order valence-electron chi connectivity index (χ0n) is 19.6. The number of nitrogens with one attached hydrogen (secondary N) is 2. The first kappa shape index (κ1) is 21.9. The first-order valence-corrected chi connectivity index (χ1v) is 11.4. The van der Waals surface area contributed by atoms with E-state index in [1.165, 1.54) is 0 Å². The van der Waals surface area contributed by atoms with Crippen molar-refractivity contribution in [2.45, 2.75) is 24.8 Å². The van der Waals surface area contributed by atoms with Gasteiger partial charge in [0, 0.05) is 23.3 Å². The molecule has 1 heterocycles. The summed E-state index contributed by atoms with van der Waals surface area (Å²) in [6, 6.07) is 21.4. The number of fused-ring (bicyclic) bond motifs is 1. The summed E-state index contributed by atoms with van der Waals surface area (Å²) in [6.07, 6.45) is 1.17. The monoisotopic (exact) mass is 456 g/mol. The van der Waals surface area contributed by atoms with Crippen LogP contribution in [0.5, 0.6) is 17.2 Å². The fourth-order valence-electron chi connectivity index (χ4n) is 4.98. The zero-order chi connectivity index (χ0) is 23.7. The minimum absolute atomic E-state index is 0.0859. The van der Waals surface area contributed by atoms with E-state index < -0.39 is 0 Å². The Morgan fingerprint density at radius 1 is 0.794 bits per heavy atom. The molecule has 0 bridgehead atoms. The number of hydrogen-bond donors (Lipinski definition) is 2. The Hall–Kier alpha value is -3.93. The van der Waals surface area contributed by atoms with Gasteiger partial charge in [-0.25, -0.2) is 0 Å². The molecule has 1 aliphatic carbocycles. The van der Waals surface area contributed by atoms with Gasteiger partial charge < -0.3 is 24.8 Å². The topological polar surface area (TPSA) is 68.8 Å². The first-order valence-electron chi connectivity index (χ1n) is 11.4. The number of Topliss-reactive ketones (excluding diaryl/α,β-unsaturated/α-hetero) is 1. The second-order valence-corrected chi connectivity index (χ2v) is 8.52. The van der Waals surface area contributed by atoms with Gasteiger partial charge in [-0.05, 0) is 48.2 Å². The number of rotatable bonds is 5. The minimum Gasteiger partial charge on any atom is -0.497 e. The summed E-state index contributed by atoms with van der Waals surface area (Å²) in [5, 5.41) is 7.19. The minimum atomic E-state index is -0.375. The molecular formula is C28H28N2O4. The van der Waals surface area contributed by atoms with Gasteiger partial charge in [0.1, 0.15) is 5.75 Å². The number of allylic oxidation sites excluding steroid dienone is 1. The number of methoxy groups -OCH3 is 3. The van der Waals surface area contributed by atoms with Crippen molar-refractivity contribution in [1.29, 1.82) is 0 Å². The van der Waals surface area contributed by atoms with Crippen molar-refractivity contribution in [3.05, 3.63) is 89.1 Å². The predicted molar refractivity (Wildman–Crippen MR) is 133 cm³/mol. The molecular weight excluding hydrogens is 428 g/mol. The number of benzene rings is 3. The Balaban J connectivity index is 1.62. The van der Waals surface area contributed by atoms with Crippen molar-refractivity contribution in [2.75, 3.05) is 32.0 Å². The Morgan fingerprint density at radius 2 is 1.56 bits per heavy atom. The molecule has 0 saturated heterocycles. The van der Waals surface area contributed by atoms with Gasteiger partial charge in [0.25, 0.3) is 0 Å². The van der Waals surface area contributed by atoms with E-state index in [9.17, 15) is 4.79 Å². The molecule has 2 aliphatic rings. The second kappa shape index (κ2) is 9.14. The van der Waals surface area contributed by atoms with Crippen molar-refractivity contribution in [3.8, 4) is 17.2 Å². The van der Waals surface area contributed by atoms with Crippen LogP contribution in [0.4, 0.5) is 11.4 Å². The van der Waals surface area contributed by atoms with Crippen LogP contribution in [0.3, 0.4) is 0 Å². The van der Waals surface area contributed by atoms with Gasteiger partial charge >= 0.3 is 0 Å². The Labute approximate surface area is 199 Å². The highest BCUT2D eigenvalue weighted by atomic mass is 16.5. The fourth-order valence-corrected chi connectivity index (χ4v) is 4.98. The SMILES string of the molecule is COc1ccc([C@H]2CC(=O)C3=C(C2)Nc2ccccc2N[C@@H]3c2cccc(OC)c2OC)cc1. The molecule has 6 nitrogen and oxygen atoms in total. The lowest BCUT2D eigenvalue weighted by atomic mass is 9.78. The average Bonchev–Trinajstić information content (AvgIpc) is 3.05. The van der Waals surface area contributed by atoms with Crippen LogP contribution < -0.4 is 24.8 Å². The maximum absolute atomic E-state index is 13.7. The van der Waals surface area contributed by atoms with Gasteiger partial charge in [0.15, 0.2) is 17.3 Å². The van der Waals surface area contributed by atoms with E-state index in [2.05, 4.69) is 10.6 Å². The van der Waals surface area contributed by atoms with Crippen LogP contribution in [0, 0.1) is 0 Å². The number of hydrogen-bond acceptors (Lipinski definition) is 6. The van der Waals surface area contributed by atoms with Gasteiger partial charge in [0.2, 0.25) is 0 Å². The van der Waals surface area contributed by atoms with E-state index in [0.717, 1.165) is 45.9 Å². The molecule has 0 saturated carbocycles. The molecule has 0 fully saturated rings. The molecule has 6 heteroatoms. The van der Waals surface area contributed by atoms with E-state index in [4.69, 9.17) is 14.2 Å². The van der Waals surface area contributed by atoms with Crippen molar-refractivity contribution in [3.63, 3.8) is 0 Å². The van der Waals surface area contributed by atoms with Crippen molar-refractivity contribution >= 4 is 17.2 Å². The quantitative estimate of drug-likeness (QED) is 0.514. The van der Waals surface area contributed by atoms with E-state index in [-0.39, 0.29) is 17.7 Å². The zero-order valence-corrected chi connectivity index (χ0v) is 19.6. The molecule has 2 atom stereocenters. The molecule has 1 aliphatic heterocycles. The Morgan fingerprint density at radius 3 is 2.26 bits per heavy atom. The number of carbonyl (C=O) groups excluding carboxylic acids is 1. The van der Waals surface area contributed by atoms with Crippen molar-refractivity contribution in [1.82, 2.24) is 0 Å². The molecule has 3 aromatic rings. The van der Waals surface area contributed by atoms with Gasteiger partial charge in [-0.1, -0.05) is 36.4 Å². The fraction of sp³-hybridized carbons (Fsp3) is 0.250. The molecule has 5 rings (SSSR count). The number of ketones is 1. The summed E-state index contributed by atoms with van der Waals surface area (Å²) in [5.41, 5.74) is 5.55. The lowest BCUT2D eigenvalue weighted by molar-refractivity contribution is -0.116. The van der Waals surface area contributed by atoms with E-state index >= 15 is 0 Å². The van der Waals surface area contributed by atoms with Gasteiger partial charge in [-0.15, -0.1) is 0 Å². The third-order valence-corrected chi connectivity index (χ3v) is 6.64. The number of anilines is 2. The van der Waals surface area contributed by atoms with E-state index in [1.54, 1.807) is 21.3 Å². The summed E-state index contributed by atoms with van der Waals surface area (Å²) in [5.74, 6) is 2.27. The summed E-state index contributed by atoms with van der Waals surface area (Å²) < 4.78 is 16.6. The number of ether oxygens (including phenoxy) is 3. The highest BCUT2D eigenvalue weighted by molar-refractivity contribution is 6.01. The van der Waals surface area contributed by atoms with E-state index in [1.807, 2.05) is 66.7 Å². The van der Waals surface area contributed by atoms with E-state index in [0.29, 0.717) is 17.9 Å². The molecule has 174 valence electrons. The molecule has 34 heavy (non-hydrogen) atoms. The van der Waals surface area contributed by atoms with Crippen LogP contribution >= 0.6 is 0 Å². The molecule has 0 radical (unpaired) electrons. The summed E-state index contributed by atoms with van der Waals surface area (Å²) >= 11 is 0. The van der Waals surface area contributed by atoms with Gasteiger partial charge in [-0.3, -0.25) is 4.79 Å². The maximum atomic E-state index is 13.7. The van der Waals surface area contributed by atoms with Crippen molar-refractivity contribution < 1.29 is 19.0 Å². The molecule has 0 amide bonds. The van der Waals surface area contributed by atoms with Crippen molar-refractivity contribution in [2.24, 2.45) is 0 Å². The Kier molecular flexibility index (Phi) is 5.88. The van der Waals surface area contributed by atoms with Crippen LogP contribution in [0.15, 0.2) is 78.0 Å². The molecule has 0 unspecified atom stereocenters. The summed E-state index contributed by atoms with van der Waals surface area (Å²) in [7, 11) is 4.90. The number of carbonyl (C=O) groups is 1. The normalized spacial score (nSPS) is 19.2. The molecule has 3 aromatic carbocycles. The van der Waals surface area contributed by atoms with Crippen LogP contribution in [0.25, 0.3) is 0 Å². The highest BCUT2D eigenvalue weighted by Gasteiger charge is 2.37. The smallest absolute Gasteiger partial charge is 0.166 e. The van der Waals surface area contributed by atoms with Crippen LogP contribution in [-0.2, 0) is 4.79 Å². The maximum Gasteiger partial charge on any atom is 0.166 e. The Bertz CT molecular complexity index is 1250. The van der Waals surface area contributed by atoms with Crippen LogP contribution in [0.2, 0.25) is 0 Å². The molecule has 0 aromatic heterocycles. The standard InChI is InChI=1S/C28H28N2O4/c1-32-19-13-11-17(12-14-19)18-15-23-26(24(31)16-18)27(30-22-9-5-4-8-21(22)29-23)20-7-6-10-25(33-2)28(20)34-3/h4-14,18,27,29-30H,15-16H2,1-3H3/t18-,27-/m1/s1. The predicted octanol–water partition coefficient (Wildman–Crippen LogP) is 5.69. The van der Waals surface area contributed by atoms with Gasteiger partial charge in [0.05, 0.1) is 38.7 Å². The summed E-state index contributed by atoms with van der Waals surface area (Å²) in [4.78, 5) is 13.7. The second-order valence-electron chi connectivity index (χ2n) is 8.52. The molecule has 0 spiro atoms. The third-order valence-electron chi connectivity index (χ3n) is 6.64. The summed E-state index contributed by atoms with van der Waals surface area (Å²) in [6.45, 7) is 0. The first-order chi connectivity index (χ1) is 16.6. The van der Waals surface area contributed by atoms with Crippen LogP contribution in [-0.4, -0.2) is 27.1 Å². The third kappa shape index (κ3) is 3.85. The average molecular weight is 457 g/mol. The molecule has 2 N–H and O–H groups in total. The lowest BCUT2D eigenvalue weighted by Crippen LogP contribution is -2.27. The van der Waals surface area contributed by atoms with Crippen LogP contribution in [0.1, 0.15) is 35.9 Å².